The minimum Gasteiger partial charge on any atom is -0.391 e. The lowest BCUT2D eigenvalue weighted by molar-refractivity contribution is 0.0720. The van der Waals surface area contributed by atoms with Crippen LogP contribution in [0.25, 0.3) is 11.4 Å². The number of benzene rings is 1. The number of halogens is 2. The van der Waals surface area contributed by atoms with Gasteiger partial charge in [-0.25, -0.2) is 9.78 Å². The molecule has 0 spiro atoms. The number of aliphatic hydroxyl groups is 1. The number of urea groups is 1. The standard InChI is InChI=1S/C16H20F2N4O2/c1-10(2)13(23)9-20-16(24)21-12-5-3-11(4-6-12)14-19-7-8-22(14)15(17)18/h3-8,10,13,15,23H,9H2,1-2H3,(H2,20,21,24)/t13-/m0/s1. The van der Waals surface area contributed by atoms with Crippen LogP contribution in [0.3, 0.4) is 0 Å². The molecule has 0 unspecified atom stereocenters. The smallest absolute Gasteiger partial charge is 0.320 e. The topological polar surface area (TPSA) is 79.2 Å². The van der Waals surface area contributed by atoms with Gasteiger partial charge in [0.15, 0.2) is 0 Å². The summed E-state index contributed by atoms with van der Waals surface area (Å²) in [6.45, 7) is 1.19. The molecule has 2 amide bonds. The number of anilines is 1. The van der Waals surface area contributed by atoms with Crippen molar-refractivity contribution in [2.75, 3.05) is 11.9 Å². The normalized spacial score (nSPS) is 12.5. The molecule has 6 nitrogen and oxygen atoms in total. The van der Waals surface area contributed by atoms with Crippen LogP contribution in [0.15, 0.2) is 36.7 Å². The molecule has 1 heterocycles. The van der Waals surface area contributed by atoms with Crippen molar-refractivity contribution in [2.45, 2.75) is 26.5 Å². The SMILES string of the molecule is CC(C)[C@@H](O)CNC(=O)Nc1ccc(-c2nccn2C(F)F)cc1. The minimum absolute atomic E-state index is 0.0446. The fraction of sp³-hybridized carbons (Fsp3) is 0.375. The van der Waals surface area contributed by atoms with Gasteiger partial charge in [0.05, 0.1) is 6.10 Å². The second-order valence-corrected chi connectivity index (χ2v) is 5.66. The first-order valence-electron chi connectivity index (χ1n) is 7.53. The van der Waals surface area contributed by atoms with Crippen molar-refractivity contribution in [3.8, 4) is 11.4 Å². The van der Waals surface area contributed by atoms with Crippen LogP contribution in [0.4, 0.5) is 19.3 Å². The van der Waals surface area contributed by atoms with E-state index in [1.54, 1.807) is 24.3 Å². The maximum absolute atomic E-state index is 12.8. The number of rotatable bonds is 6. The zero-order valence-electron chi connectivity index (χ0n) is 13.4. The van der Waals surface area contributed by atoms with Gasteiger partial charge in [-0.15, -0.1) is 0 Å². The maximum Gasteiger partial charge on any atom is 0.320 e. The third-order valence-electron chi connectivity index (χ3n) is 3.52. The molecule has 1 atom stereocenters. The van der Waals surface area contributed by atoms with E-state index in [0.29, 0.717) is 11.3 Å². The fourth-order valence-electron chi connectivity index (χ4n) is 2.01. The maximum atomic E-state index is 12.8. The Bertz CT molecular complexity index is 671. The molecule has 1 aromatic carbocycles. The molecule has 24 heavy (non-hydrogen) atoms. The van der Waals surface area contributed by atoms with Gasteiger partial charge in [-0.2, -0.15) is 8.78 Å². The average Bonchev–Trinajstić information content (AvgIpc) is 3.03. The summed E-state index contributed by atoms with van der Waals surface area (Å²) in [5, 5.41) is 14.8. The van der Waals surface area contributed by atoms with Gasteiger partial charge in [-0.3, -0.25) is 4.57 Å². The molecule has 0 fully saturated rings. The first kappa shape index (κ1) is 17.9. The number of nitrogens with one attached hydrogen (secondary N) is 2. The van der Waals surface area contributed by atoms with Gasteiger partial charge in [0.1, 0.15) is 5.82 Å². The fourth-order valence-corrected chi connectivity index (χ4v) is 2.01. The van der Waals surface area contributed by atoms with Crippen molar-refractivity contribution < 1.29 is 18.7 Å². The van der Waals surface area contributed by atoms with E-state index in [1.807, 2.05) is 13.8 Å². The summed E-state index contributed by atoms with van der Waals surface area (Å²) in [6.07, 6.45) is 1.90. The quantitative estimate of drug-likeness (QED) is 0.757. The Hall–Kier alpha value is -2.48. The lowest BCUT2D eigenvalue weighted by Crippen LogP contribution is -2.37. The first-order valence-corrected chi connectivity index (χ1v) is 7.53. The van der Waals surface area contributed by atoms with Gasteiger partial charge < -0.3 is 15.7 Å². The number of nitrogens with zero attached hydrogens (tertiary/aromatic N) is 2. The summed E-state index contributed by atoms with van der Waals surface area (Å²) in [4.78, 5) is 15.7. The van der Waals surface area contributed by atoms with E-state index in [4.69, 9.17) is 0 Å². The number of hydrogen-bond donors (Lipinski definition) is 3. The lowest BCUT2D eigenvalue weighted by atomic mass is 10.1. The highest BCUT2D eigenvalue weighted by Crippen LogP contribution is 2.24. The van der Waals surface area contributed by atoms with Crippen LogP contribution in [0.2, 0.25) is 0 Å². The van der Waals surface area contributed by atoms with Crippen LogP contribution in [0, 0.1) is 5.92 Å². The van der Waals surface area contributed by atoms with E-state index < -0.39 is 18.7 Å². The molecule has 8 heteroatoms. The van der Waals surface area contributed by atoms with Gasteiger partial charge in [0.2, 0.25) is 0 Å². The highest BCUT2D eigenvalue weighted by atomic mass is 19.3. The number of carbonyl (C=O) groups excluding carboxylic acids is 1. The van der Waals surface area contributed by atoms with E-state index in [-0.39, 0.29) is 18.3 Å². The van der Waals surface area contributed by atoms with Crippen molar-refractivity contribution in [1.29, 1.82) is 0 Å². The van der Waals surface area contributed by atoms with E-state index in [0.717, 1.165) is 4.57 Å². The van der Waals surface area contributed by atoms with E-state index in [1.165, 1.54) is 12.4 Å². The number of amides is 2. The molecular formula is C16H20F2N4O2. The molecule has 0 aliphatic heterocycles. The molecular weight excluding hydrogens is 318 g/mol. The highest BCUT2D eigenvalue weighted by molar-refractivity contribution is 5.89. The van der Waals surface area contributed by atoms with Gasteiger partial charge in [0.25, 0.3) is 0 Å². The molecule has 130 valence electrons. The van der Waals surface area contributed by atoms with Crippen LogP contribution in [0.5, 0.6) is 0 Å². The molecule has 0 radical (unpaired) electrons. The van der Waals surface area contributed by atoms with Crippen molar-refractivity contribution >= 4 is 11.7 Å². The number of aromatic nitrogens is 2. The monoisotopic (exact) mass is 338 g/mol. The predicted octanol–water partition coefficient (Wildman–Crippen LogP) is 3.08. The predicted molar refractivity (Wildman–Crippen MR) is 86.8 cm³/mol. The van der Waals surface area contributed by atoms with Crippen LogP contribution in [0.1, 0.15) is 20.4 Å². The van der Waals surface area contributed by atoms with Crippen molar-refractivity contribution in [2.24, 2.45) is 5.92 Å². The van der Waals surface area contributed by atoms with Crippen molar-refractivity contribution in [3.63, 3.8) is 0 Å². The van der Waals surface area contributed by atoms with Gasteiger partial charge in [-0.1, -0.05) is 13.8 Å². The summed E-state index contributed by atoms with van der Waals surface area (Å²) in [7, 11) is 0. The Morgan fingerprint density at radius 3 is 2.54 bits per heavy atom. The lowest BCUT2D eigenvalue weighted by Gasteiger charge is -2.15. The molecule has 1 aromatic heterocycles. The highest BCUT2D eigenvalue weighted by Gasteiger charge is 2.13. The summed E-state index contributed by atoms with van der Waals surface area (Å²) in [5.74, 6) is 0.198. The molecule has 0 bridgehead atoms. The number of aliphatic hydroxyl groups excluding tert-OH is 1. The molecule has 0 aliphatic rings. The third kappa shape index (κ3) is 4.51. The average molecular weight is 338 g/mol. The largest absolute Gasteiger partial charge is 0.391 e. The Morgan fingerprint density at radius 2 is 1.96 bits per heavy atom. The van der Waals surface area contributed by atoms with Crippen LogP contribution >= 0.6 is 0 Å². The van der Waals surface area contributed by atoms with Crippen LogP contribution in [-0.4, -0.2) is 33.3 Å². The van der Waals surface area contributed by atoms with Crippen molar-refractivity contribution in [1.82, 2.24) is 14.9 Å². The Balaban J connectivity index is 1.97. The second kappa shape index (κ2) is 7.87. The third-order valence-corrected chi connectivity index (χ3v) is 3.52. The Morgan fingerprint density at radius 1 is 1.29 bits per heavy atom. The molecule has 2 aromatic rings. The summed E-state index contributed by atoms with van der Waals surface area (Å²) in [5.41, 5.74) is 1.02. The Kier molecular flexibility index (Phi) is 5.86. The van der Waals surface area contributed by atoms with Crippen LogP contribution < -0.4 is 10.6 Å². The summed E-state index contributed by atoms with van der Waals surface area (Å²) < 4.78 is 26.4. The molecule has 2 rings (SSSR count). The van der Waals surface area contributed by atoms with Crippen molar-refractivity contribution in [3.05, 3.63) is 36.7 Å². The Labute approximate surface area is 138 Å². The zero-order valence-corrected chi connectivity index (χ0v) is 13.4. The van der Waals surface area contributed by atoms with E-state index in [9.17, 15) is 18.7 Å². The molecule has 0 aliphatic carbocycles. The number of alkyl halides is 2. The summed E-state index contributed by atoms with van der Waals surface area (Å²) in [6, 6.07) is 5.94. The van der Waals surface area contributed by atoms with E-state index in [2.05, 4.69) is 15.6 Å². The molecule has 0 saturated heterocycles. The number of hydrogen-bond acceptors (Lipinski definition) is 3. The van der Waals surface area contributed by atoms with Gasteiger partial charge in [0, 0.05) is 30.2 Å². The minimum atomic E-state index is -2.67. The zero-order chi connectivity index (χ0) is 17.7. The van der Waals surface area contributed by atoms with Gasteiger partial charge >= 0.3 is 12.6 Å². The second-order valence-electron chi connectivity index (χ2n) is 5.66. The molecule has 3 N–H and O–H groups in total. The molecule has 0 saturated carbocycles. The number of imidazole rings is 1. The summed E-state index contributed by atoms with van der Waals surface area (Å²) >= 11 is 0. The van der Waals surface area contributed by atoms with E-state index >= 15 is 0 Å². The van der Waals surface area contributed by atoms with Gasteiger partial charge in [-0.05, 0) is 30.2 Å². The first-order chi connectivity index (χ1) is 11.4. The van der Waals surface area contributed by atoms with Crippen LogP contribution in [-0.2, 0) is 0 Å². The number of carbonyl (C=O) groups is 1.